The van der Waals surface area contributed by atoms with Crippen LogP contribution in [0.5, 0.6) is 0 Å². The third kappa shape index (κ3) is 13.4. The van der Waals surface area contributed by atoms with Gasteiger partial charge in [-0.25, -0.2) is 0 Å². The Kier molecular flexibility index (Phi) is 17.6. The summed E-state index contributed by atoms with van der Waals surface area (Å²) >= 11 is 0. The Bertz CT molecular complexity index is 611. The second kappa shape index (κ2) is 20.7. The molecule has 0 aromatic heterocycles. The van der Waals surface area contributed by atoms with Gasteiger partial charge in [-0.3, -0.25) is 0 Å². The van der Waals surface area contributed by atoms with Gasteiger partial charge in [0, 0.05) is 24.6 Å². The Morgan fingerprint density at radius 2 is 0.971 bits per heavy atom. The van der Waals surface area contributed by atoms with Crippen molar-refractivity contribution in [3.63, 3.8) is 0 Å². The summed E-state index contributed by atoms with van der Waals surface area (Å²) in [6.07, 6.45) is 34.7. The molecule has 1 aromatic carbocycles. The number of benzene rings is 1. The molecule has 1 heterocycles. The second-order valence-electron chi connectivity index (χ2n) is 10.9. The van der Waals surface area contributed by atoms with Crippen molar-refractivity contribution in [3.8, 4) is 0 Å². The zero-order valence-corrected chi connectivity index (χ0v) is 23.6. The quantitative estimate of drug-likeness (QED) is 0.143. The Hall–Kier alpha value is -1.44. The number of para-hydroxylation sites is 1. The summed E-state index contributed by atoms with van der Waals surface area (Å²) in [6, 6.07) is 11.0. The first-order valence-corrected chi connectivity index (χ1v) is 15.6. The molecule has 2 rings (SSSR count). The molecule has 2 heteroatoms. The molecule has 1 aliphatic rings. The van der Waals surface area contributed by atoms with Crippen molar-refractivity contribution >= 4 is 5.69 Å². The Morgan fingerprint density at radius 1 is 0.514 bits per heavy atom. The van der Waals surface area contributed by atoms with Gasteiger partial charge in [0.1, 0.15) is 6.17 Å². The third-order valence-corrected chi connectivity index (χ3v) is 7.76. The van der Waals surface area contributed by atoms with E-state index < -0.39 is 0 Å². The number of rotatable bonds is 23. The molecule has 1 aliphatic heterocycles. The van der Waals surface area contributed by atoms with E-state index in [1.165, 1.54) is 147 Å². The number of anilines is 1. The van der Waals surface area contributed by atoms with E-state index in [1.54, 1.807) is 0 Å². The summed E-state index contributed by atoms with van der Waals surface area (Å²) in [7, 11) is 0. The van der Waals surface area contributed by atoms with Crippen LogP contribution in [0.3, 0.4) is 0 Å². The standard InChI is InChI=1S/C33H58N2/c1-3-5-7-9-11-13-14-15-17-19-24-28-33-34(29-25-20-18-16-12-10-8-6-4-2)30-31-35(33)32-26-22-21-23-27-32/h21-23,26-27,30-31,33H,3-20,24-25,28-29H2,1-2H3. The molecule has 35 heavy (non-hydrogen) atoms. The van der Waals surface area contributed by atoms with Gasteiger partial charge >= 0.3 is 0 Å². The lowest BCUT2D eigenvalue weighted by atomic mass is 10.0. The van der Waals surface area contributed by atoms with Crippen molar-refractivity contribution in [3.05, 3.63) is 42.7 Å². The molecule has 0 aliphatic carbocycles. The van der Waals surface area contributed by atoms with Crippen LogP contribution in [0, 0.1) is 0 Å². The van der Waals surface area contributed by atoms with E-state index in [-0.39, 0.29) is 0 Å². The highest BCUT2D eigenvalue weighted by Gasteiger charge is 2.26. The highest BCUT2D eigenvalue weighted by Crippen LogP contribution is 2.28. The molecule has 2 nitrogen and oxygen atoms in total. The molecule has 0 fully saturated rings. The largest absolute Gasteiger partial charge is 0.356 e. The SMILES string of the molecule is CCCCCCCCCCCCCC1N(CCCCCCCCCCC)C=CN1c1ccccc1. The summed E-state index contributed by atoms with van der Waals surface area (Å²) in [5, 5.41) is 0. The highest BCUT2D eigenvalue weighted by molar-refractivity contribution is 5.51. The van der Waals surface area contributed by atoms with Crippen LogP contribution in [0.1, 0.15) is 149 Å². The molecule has 0 saturated carbocycles. The fraction of sp³-hybridized carbons (Fsp3) is 0.758. The Balaban J connectivity index is 1.63. The second-order valence-corrected chi connectivity index (χ2v) is 10.9. The van der Waals surface area contributed by atoms with Gasteiger partial charge in [-0.05, 0) is 31.4 Å². The maximum Gasteiger partial charge on any atom is 0.105 e. The van der Waals surface area contributed by atoms with Crippen LogP contribution in [0.2, 0.25) is 0 Å². The van der Waals surface area contributed by atoms with Crippen LogP contribution in [-0.2, 0) is 0 Å². The summed E-state index contributed by atoms with van der Waals surface area (Å²) in [6.45, 7) is 5.81. The maximum atomic E-state index is 2.63. The van der Waals surface area contributed by atoms with Crippen molar-refractivity contribution in [1.82, 2.24) is 4.90 Å². The number of hydrogen-bond acceptors (Lipinski definition) is 2. The van der Waals surface area contributed by atoms with E-state index in [0.29, 0.717) is 6.17 Å². The predicted molar refractivity (Wildman–Crippen MR) is 157 cm³/mol. The van der Waals surface area contributed by atoms with E-state index in [1.807, 2.05) is 0 Å². The van der Waals surface area contributed by atoms with Crippen molar-refractivity contribution in [2.75, 3.05) is 11.4 Å². The minimum absolute atomic E-state index is 0.505. The molecule has 1 atom stereocenters. The zero-order valence-electron chi connectivity index (χ0n) is 23.6. The van der Waals surface area contributed by atoms with Gasteiger partial charge in [-0.2, -0.15) is 0 Å². The molecular formula is C33H58N2. The van der Waals surface area contributed by atoms with Crippen LogP contribution < -0.4 is 4.90 Å². The highest BCUT2D eigenvalue weighted by atomic mass is 15.4. The van der Waals surface area contributed by atoms with Crippen LogP contribution in [0.15, 0.2) is 42.7 Å². The average molecular weight is 483 g/mol. The van der Waals surface area contributed by atoms with E-state index in [4.69, 9.17) is 0 Å². The molecule has 0 saturated heterocycles. The number of nitrogens with zero attached hydrogens (tertiary/aromatic N) is 2. The van der Waals surface area contributed by atoms with Gasteiger partial charge in [0.25, 0.3) is 0 Å². The minimum Gasteiger partial charge on any atom is -0.356 e. The van der Waals surface area contributed by atoms with Gasteiger partial charge in [-0.1, -0.05) is 148 Å². The van der Waals surface area contributed by atoms with Crippen molar-refractivity contribution < 1.29 is 0 Å². The molecule has 0 bridgehead atoms. The number of unbranched alkanes of at least 4 members (excludes halogenated alkanes) is 18. The molecule has 1 unspecified atom stereocenters. The molecule has 0 spiro atoms. The molecule has 0 radical (unpaired) electrons. The van der Waals surface area contributed by atoms with Crippen molar-refractivity contribution in [2.45, 2.75) is 155 Å². The predicted octanol–water partition coefficient (Wildman–Crippen LogP) is 10.8. The summed E-state index contributed by atoms with van der Waals surface area (Å²) < 4.78 is 0. The fourth-order valence-electron chi connectivity index (χ4n) is 5.50. The van der Waals surface area contributed by atoms with E-state index in [0.717, 1.165) is 0 Å². The summed E-state index contributed by atoms with van der Waals surface area (Å²) in [5.74, 6) is 0. The Labute approximate surface area is 219 Å². The van der Waals surface area contributed by atoms with E-state index in [9.17, 15) is 0 Å². The van der Waals surface area contributed by atoms with Gasteiger partial charge in [0.2, 0.25) is 0 Å². The fourth-order valence-corrected chi connectivity index (χ4v) is 5.50. The molecule has 200 valence electrons. The summed E-state index contributed by atoms with van der Waals surface area (Å²) in [4.78, 5) is 5.15. The van der Waals surface area contributed by atoms with Crippen LogP contribution in [-0.4, -0.2) is 17.6 Å². The zero-order chi connectivity index (χ0) is 24.8. The molecule has 1 aromatic rings. The average Bonchev–Trinajstić information content (AvgIpc) is 3.29. The maximum absolute atomic E-state index is 2.63. The first-order valence-electron chi connectivity index (χ1n) is 15.6. The van der Waals surface area contributed by atoms with Crippen LogP contribution >= 0.6 is 0 Å². The number of hydrogen-bond donors (Lipinski definition) is 0. The van der Waals surface area contributed by atoms with E-state index in [2.05, 4.69) is 66.4 Å². The molecule has 0 amide bonds. The van der Waals surface area contributed by atoms with Gasteiger partial charge in [-0.15, -0.1) is 0 Å². The normalized spacial score (nSPS) is 15.4. The minimum atomic E-state index is 0.505. The first-order chi connectivity index (χ1) is 17.4. The van der Waals surface area contributed by atoms with Crippen molar-refractivity contribution in [1.29, 1.82) is 0 Å². The monoisotopic (exact) mass is 482 g/mol. The smallest absolute Gasteiger partial charge is 0.105 e. The van der Waals surface area contributed by atoms with Crippen molar-refractivity contribution in [2.24, 2.45) is 0 Å². The van der Waals surface area contributed by atoms with Crippen LogP contribution in [0.25, 0.3) is 0 Å². The van der Waals surface area contributed by atoms with Crippen LogP contribution in [0.4, 0.5) is 5.69 Å². The molecule has 0 N–H and O–H groups in total. The Morgan fingerprint density at radius 3 is 1.49 bits per heavy atom. The lowest BCUT2D eigenvalue weighted by molar-refractivity contribution is 0.273. The molecular weight excluding hydrogens is 424 g/mol. The lowest BCUT2D eigenvalue weighted by Crippen LogP contribution is -2.39. The van der Waals surface area contributed by atoms with Gasteiger partial charge in [0.05, 0.1) is 0 Å². The summed E-state index contributed by atoms with van der Waals surface area (Å²) in [5.41, 5.74) is 1.34. The van der Waals surface area contributed by atoms with Gasteiger partial charge < -0.3 is 9.80 Å². The van der Waals surface area contributed by atoms with E-state index >= 15 is 0 Å². The van der Waals surface area contributed by atoms with Gasteiger partial charge in [0.15, 0.2) is 0 Å². The third-order valence-electron chi connectivity index (χ3n) is 7.76. The lowest BCUT2D eigenvalue weighted by Gasteiger charge is -2.33. The first kappa shape index (κ1) is 29.8. The topological polar surface area (TPSA) is 6.48 Å².